The van der Waals surface area contributed by atoms with Crippen LogP contribution in [0.25, 0.3) is 0 Å². The van der Waals surface area contributed by atoms with E-state index in [1.165, 1.54) is 12.8 Å². The molecule has 5 nitrogen and oxygen atoms in total. The smallest absolute Gasteiger partial charge is 0.253 e. The molecule has 2 atom stereocenters. The van der Waals surface area contributed by atoms with Crippen LogP contribution in [0, 0.1) is 0 Å². The second kappa shape index (κ2) is 6.08. The molecule has 0 aliphatic carbocycles. The van der Waals surface area contributed by atoms with E-state index in [0.717, 1.165) is 12.8 Å². The van der Waals surface area contributed by atoms with E-state index in [1.54, 1.807) is 31.3 Å². The van der Waals surface area contributed by atoms with E-state index in [9.17, 15) is 9.59 Å². The van der Waals surface area contributed by atoms with E-state index in [2.05, 4.69) is 10.6 Å². The van der Waals surface area contributed by atoms with E-state index in [-0.39, 0.29) is 17.9 Å². The molecule has 2 saturated heterocycles. The van der Waals surface area contributed by atoms with Gasteiger partial charge in [-0.1, -0.05) is 6.07 Å². The summed E-state index contributed by atoms with van der Waals surface area (Å²) < 4.78 is 0. The number of nitrogens with one attached hydrogen (secondary N) is 2. The zero-order chi connectivity index (χ0) is 15.7. The summed E-state index contributed by atoms with van der Waals surface area (Å²) in [4.78, 5) is 26.3. The molecule has 2 unspecified atom stereocenters. The van der Waals surface area contributed by atoms with Crippen LogP contribution in [0.2, 0.25) is 0 Å². The summed E-state index contributed by atoms with van der Waals surface area (Å²) in [6, 6.07) is 8.33. The number of hydrogen-bond donors (Lipinski definition) is 2. The Kier molecular flexibility index (Phi) is 4.16. The fraction of sp³-hybridized carbons (Fsp3) is 0.529. The van der Waals surface area contributed by atoms with Crippen molar-refractivity contribution in [2.45, 2.75) is 43.8 Å². The van der Waals surface area contributed by atoms with Crippen molar-refractivity contribution in [2.75, 3.05) is 14.1 Å². The van der Waals surface area contributed by atoms with E-state index >= 15 is 0 Å². The normalized spacial score (nSPS) is 26.5. The topological polar surface area (TPSA) is 61.4 Å². The van der Waals surface area contributed by atoms with Gasteiger partial charge in [0, 0.05) is 43.3 Å². The van der Waals surface area contributed by atoms with Crippen molar-refractivity contribution in [3.05, 3.63) is 35.4 Å². The minimum atomic E-state index is -0.169. The molecule has 0 radical (unpaired) electrons. The van der Waals surface area contributed by atoms with Gasteiger partial charge in [0.05, 0.1) is 0 Å². The van der Waals surface area contributed by atoms with Crippen LogP contribution in [-0.4, -0.2) is 48.9 Å². The highest BCUT2D eigenvalue weighted by molar-refractivity contribution is 5.99. The zero-order valence-corrected chi connectivity index (χ0v) is 13.1. The van der Waals surface area contributed by atoms with Gasteiger partial charge in [0.2, 0.25) is 0 Å². The molecule has 1 aromatic rings. The first-order chi connectivity index (χ1) is 10.6. The summed E-state index contributed by atoms with van der Waals surface area (Å²) in [6.45, 7) is 0. The average molecular weight is 301 g/mol. The number of amides is 2. The molecule has 0 aromatic heterocycles. The van der Waals surface area contributed by atoms with Crippen LogP contribution in [0.15, 0.2) is 24.3 Å². The number of carbonyl (C=O) groups excluding carboxylic acids is 2. The Morgan fingerprint density at radius 3 is 2.45 bits per heavy atom. The van der Waals surface area contributed by atoms with Crippen LogP contribution in [0.5, 0.6) is 0 Å². The van der Waals surface area contributed by atoms with Crippen molar-refractivity contribution in [1.29, 1.82) is 0 Å². The molecular formula is C17H23N3O2. The lowest BCUT2D eigenvalue weighted by Crippen LogP contribution is -2.48. The minimum absolute atomic E-state index is 0.00273. The van der Waals surface area contributed by atoms with Gasteiger partial charge in [0.1, 0.15) is 0 Å². The van der Waals surface area contributed by atoms with Gasteiger partial charge in [0.25, 0.3) is 11.8 Å². The highest BCUT2D eigenvalue weighted by Gasteiger charge is 2.36. The van der Waals surface area contributed by atoms with Crippen LogP contribution in [0.1, 0.15) is 46.4 Å². The Morgan fingerprint density at radius 2 is 1.82 bits per heavy atom. The summed E-state index contributed by atoms with van der Waals surface area (Å²) in [5.41, 5.74) is 1.10. The van der Waals surface area contributed by atoms with E-state index in [4.69, 9.17) is 0 Å². The largest absolute Gasteiger partial charge is 0.355 e. The van der Waals surface area contributed by atoms with Gasteiger partial charge < -0.3 is 15.5 Å². The molecule has 118 valence electrons. The molecule has 2 aliphatic rings. The number of rotatable bonds is 3. The zero-order valence-electron chi connectivity index (χ0n) is 13.1. The standard InChI is InChI=1S/C17H23N3O2/c1-18-16(21)11-4-3-5-12(8-11)17(22)20(2)15-9-13-6-7-14(10-15)19-13/h3-5,8,13-15,19H,6-7,9-10H2,1-2H3,(H,18,21). The number of nitrogens with zero attached hydrogens (tertiary/aromatic N) is 1. The highest BCUT2D eigenvalue weighted by Crippen LogP contribution is 2.29. The summed E-state index contributed by atoms with van der Waals surface area (Å²) >= 11 is 0. The molecule has 0 saturated carbocycles. The maximum absolute atomic E-state index is 12.7. The third kappa shape index (κ3) is 2.86. The molecule has 2 fully saturated rings. The molecule has 2 aliphatic heterocycles. The van der Waals surface area contributed by atoms with Gasteiger partial charge >= 0.3 is 0 Å². The SMILES string of the molecule is CNC(=O)c1cccc(C(=O)N(C)C2CC3CCC(C2)N3)c1. The van der Waals surface area contributed by atoms with Gasteiger partial charge in [-0.3, -0.25) is 9.59 Å². The molecular weight excluding hydrogens is 278 g/mol. The molecule has 5 heteroatoms. The Hall–Kier alpha value is -1.88. The number of carbonyl (C=O) groups is 2. The van der Waals surface area contributed by atoms with Crippen molar-refractivity contribution < 1.29 is 9.59 Å². The van der Waals surface area contributed by atoms with Crippen LogP contribution >= 0.6 is 0 Å². The Balaban J connectivity index is 1.74. The lowest BCUT2D eigenvalue weighted by atomic mass is 9.97. The van der Waals surface area contributed by atoms with Crippen molar-refractivity contribution in [3.63, 3.8) is 0 Å². The van der Waals surface area contributed by atoms with Crippen LogP contribution in [0.4, 0.5) is 0 Å². The van der Waals surface area contributed by atoms with Crippen molar-refractivity contribution in [1.82, 2.24) is 15.5 Å². The summed E-state index contributed by atoms with van der Waals surface area (Å²) in [5.74, 6) is -0.172. The summed E-state index contributed by atoms with van der Waals surface area (Å²) in [6.07, 6.45) is 4.48. The lowest BCUT2D eigenvalue weighted by molar-refractivity contribution is 0.0681. The third-order valence-electron chi connectivity index (χ3n) is 4.92. The first kappa shape index (κ1) is 15.0. The predicted molar refractivity (Wildman–Crippen MR) is 84.9 cm³/mol. The van der Waals surface area contributed by atoms with Crippen molar-refractivity contribution >= 4 is 11.8 Å². The predicted octanol–water partition coefficient (Wildman–Crippen LogP) is 1.40. The van der Waals surface area contributed by atoms with E-state index in [0.29, 0.717) is 23.2 Å². The number of fused-ring (bicyclic) bond motifs is 2. The summed E-state index contributed by atoms with van der Waals surface area (Å²) in [5, 5.41) is 6.18. The maximum atomic E-state index is 12.7. The second-order valence-corrected chi connectivity index (χ2v) is 6.34. The first-order valence-corrected chi connectivity index (χ1v) is 7.94. The second-order valence-electron chi connectivity index (χ2n) is 6.34. The van der Waals surface area contributed by atoms with Crippen molar-refractivity contribution in [3.8, 4) is 0 Å². The Morgan fingerprint density at radius 1 is 1.18 bits per heavy atom. The van der Waals surface area contributed by atoms with Gasteiger partial charge in [-0.05, 0) is 43.9 Å². The highest BCUT2D eigenvalue weighted by atomic mass is 16.2. The first-order valence-electron chi connectivity index (χ1n) is 7.94. The molecule has 2 bridgehead atoms. The Bertz CT molecular complexity index is 575. The molecule has 2 amide bonds. The molecule has 2 heterocycles. The minimum Gasteiger partial charge on any atom is -0.355 e. The van der Waals surface area contributed by atoms with Crippen molar-refractivity contribution in [2.24, 2.45) is 0 Å². The quantitative estimate of drug-likeness (QED) is 0.887. The molecule has 1 aromatic carbocycles. The van der Waals surface area contributed by atoms with E-state index in [1.807, 2.05) is 11.9 Å². The lowest BCUT2D eigenvalue weighted by Gasteiger charge is -2.35. The van der Waals surface area contributed by atoms with Crippen LogP contribution < -0.4 is 10.6 Å². The van der Waals surface area contributed by atoms with E-state index < -0.39 is 0 Å². The number of hydrogen-bond acceptors (Lipinski definition) is 3. The molecule has 2 N–H and O–H groups in total. The van der Waals surface area contributed by atoms with Gasteiger partial charge in [-0.25, -0.2) is 0 Å². The number of benzene rings is 1. The maximum Gasteiger partial charge on any atom is 0.253 e. The molecule has 0 spiro atoms. The third-order valence-corrected chi connectivity index (χ3v) is 4.92. The Labute approximate surface area is 131 Å². The summed E-state index contributed by atoms with van der Waals surface area (Å²) in [7, 11) is 3.47. The van der Waals surface area contributed by atoms with Gasteiger partial charge in [0.15, 0.2) is 0 Å². The van der Waals surface area contributed by atoms with Gasteiger partial charge in [-0.2, -0.15) is 0 Å². The van der Waals surface area contributed by atoms with Crippen LogP contribution in [-0.2, 0) is 0 Å². The molecule has 3 rings (SSSR count). The fourth-order valence-electron chi connectivity index (χ4n) is 3.65. The average Bonchev–Trinajstić information content (AvgIpc) is 2.90. The number of piperidine rings is 1. The fourth-order valence-corrected chi connectivity index (χ4v) is 3.65. The monoisotopic (exact) mass is 301 g/mol. The van der Waals surface area contributed by atoms with Crippen LogP contribution in [0.3, 0.4) is 0 Å². The molecule has 22 heavy (non-hydrogen) atoms. The van der Waals surface area contributed by atoms with Gasteiger partial charge in [-0.15, -0.1) is 0 Å².